The van der Waals surface area contributed by atoms with E-state index in [1.54, 1.807) is 69.2 Å². The number of nitrogens with zero attached hydrogens (tertiary/aromatic N) is 4. The number of amides is 12. The smallest absolute Gasteiger partial charge is 0.325 e. The fourth-order valence-electron chi connectivity index (χ4n) is 6.20. The molecule has 31 nitrogen and oxygen atoms in total. The second-order valence-corrected chi connectivity index (χ2v) is 25.2. The van der Waals surface area contributed by atoms with Gasteiger partial charge in [0.15, 0.2) is 0 Å². The van der Waals surface area contributed by atoms with Gasteiger partial charge in [-0.25, -0.2) is 0 Å². The second-order valence-electron chi connectivity index (χ2n) is 21.5. The largest absolute Gasteiger partial charge is 0.481 e. The summed E-state index contributed by atoms with van der Waals surface area (Å²) in [6.07, 6.45) is 4.50. The van der Waals surface area contributed by atoms with Gasteiger partial charge in [0.25, 0.3) is 21.0 Å². The Morgan fingerprint density at radius 2 is 0.876 bits per heavy atom. The zero-order valence-electron chi connectivity index (χ0n) is 52.3. The van der Waals surface area contributed by atoms with Crippen molar-refractivity contribution in [2.75, 3.05) is 75.9 Å². The third-order valence-electron chi connectivity index (χ3n) is 10.1. The summed E-state index contributed by atoms with van der Waals surface area (Å²) in [6, 6.07) is 0. The van der Waals surface area contributed by atoms with Gasteiger partial charge in [0.2, 0.25) is 47.3 Å². The van der Waals surface area contributed by atoms with E-state index in [4.69, 9.17) is 25.1 Å². The molecule has 89 heavy (non-hydrogen) atoms. The number of carboxylic acid groups (broad SMARTS) is 1. The molecule has 6 N–H and O–H groups in total. The molecule has 0 aromatic carbocycles. The van der Waals surface area contributed by atoms with Crippen LogP contribution in [0.4, 0.5) is 19.2 Å². The Morgan fingerprint density at radius 3 is 1.15 bits per heavy atom. The first-order valence-corrected chi connectivity index (χ1v) is 31.5. The van der Waals surface area contributed by atoms with Crippen molar-refractivity contribution in [1.29, 1.82) is 0 Å². The molecule has 5 rings (SSSR count). The number of carboxylic acids is 1. The van der Waals surface area contributed by atoms with E-state index >= 15 is 0 Å². The summed E-state index contributed by atoms with van der Waals surface area (Å²) >= 11 is 3.79. The Labute approximate surface area is 533 Å². The average molecular weight is 1340 g/mol. The van der Waals surface area contributed by atoms with E-state index in [1.165, 1.54) is 20.0 Å². The summed E-state index contributed by atoms with van der Waals surface area (Å²) in [5, 5.41) is 14.0. The highest BCUT2D eigenvalue weighted by molar-refractivity contribution is 8.15. The van der Waals surface area contributed by atoms with Gasteiger partial charge < -0.3 is 45.2 Å². The van der Waals surface area contributed by atoms with Crippen molar-refractivity contribution >= 4 is 151 Å². The van der Waals surface area contributed by atoms with Gasteiger partial charge in [-0.1, -0.05) is 66.8 Å². The fourth-order valence-corrected chi connectivity index (χ4v) is 8.98. The van der Waals surface area contributed by atoms with E-state index in [1.807, 2.05) is 0 Å². The van der Waals surface area contributed by atoms with E-state index in [0.29, 0.717) is 11.5 Å². The molecule has 12 amide bonds. The molecule has 0 aromatic heterocycles. The van der Waals surface area contributed by atoms with Crippen molar-refractivity contribution in [3.8, 4) is 0 Å². The Bertz CT molecular complexity index is 2390. The maximum Gasteiger partial charge on any atom is 0.325 e. The minimum atomic E-state index is -1.01. The summed E-state index contributed by atoms with van der Waals surface area (Å²) in [5.41, 5.74) is 3.39. The van der Waals surface area contributed by atoms with E-state index in [2.05, 4.69) is 27.6 Å². The highest BCUT2D eigenvalue weighted by atomic mass is 32.2. The van der Waals surface area contributed by atoms with Crippen LogP contribution in [0.5, 0.6) is 0 Å². The molecule has 35 heteroatoms. The molecule has 0 spiro atoms. The van der Waals surface area contributed by atoms with Gasteiger partial charge >= 0.3 is 29.8 Å². The van der Waals surface area contributed by atoms with Crippen molar-refractivity contribution < 1.29 is 110 Å². The number of unbranched alkanes of at least 4 members (excludes halogenated alkanes) is 2. The first-order valence-electron chi connectivity index (χ1n) is 27.5. The number of thioether (sulfide) groups is 4. The number of esters is 4. The van der Waals surface area contributed by atoms with Crippen LogP contribution in [0.25, 0.3) is 0 Å². The SMILES string of the molecule is CC(C)(C)OC(=O)CN.CC(C)(C)OC(=O)CNC(=O)CCN1C(=O)CCC1=O.CC(C)(C)OC(=O)CNC(=O)CCN1C(=O)CSC1=O.CCCCCC(C)=O.COC(=O)CCN1C(=O)CSC1=O.O=C(O)CCN1C(=O)CSC1=O.O=C1CSC(=O)N1. The molecule has 0 aromatic rings. The molecule has 5 fully saturated rings. The minimum absolute atomic E-state index is 0.0136. The summed E-state index contributed by atoms with van der Waals surface area (Å²) < 4.78 is 19.3. The Kier molecular flexibility index (Phi) is 41.2. The molecule has 5 aliphatic rings. The van der Waals surface area contributed by atoms with Gasteiger partial charge in [0, 0.05) is 58.3 Å². The topological polar surface area (TPSA) is 439 Å². The van der Waals surface area contributed by atoms with Crippen LogP contribution >= 0.6 is 47.0 Å². The fraction of sp³-hybridized carbons (Fsp3) is 0.667. The van der Waals surface area contributed by atoms with Gasteiger partial charge in [-0.3, -0.25) is 106 Å². The molecule has 0 atom stereocenters. The van der Waals surface area contributed by atoms with Gasteiger partial charge in [-0.05, 0) is 75.7 Å². The highest BCUT2D eigenvalue weighted by Crippen LogP contribution is 2.21. The minimum Gasteiger partial charge on any atom is -0.481 e. The number of rotatable bonds is 21. The van der Waals surface area contributed by atoms with Crippen LogP contribution in [-0.2, 0) is 86.1 Å². The first kappa shape index (κ1) is 84.1. The number of hydrogen-bond donors (Lipinski definition) is 5. The lowest BCUT2D eigenvalue weighted by molar-refractivity contribution is -0.155. The third-order valence-corrected chi connectivity index (χ3v) is 13.5. The molecular formula is C54H84N8O23S4. The monoisotopic (exact) mass is 1340 g/mol. The molecule has 0 radical (unpaired) electrons. The lowest BCUT2D eigenvalue weighted by Crippen LogP contribution is -2.37. The first-order chi connectivity index (χ1) is 41.1. The molecule has 0 aliphatic carbocycles. The van der Waals surface area contributed by atoms with E-state index in [-0.39, 0.29) is 164 Å². The lowest BCUT2D eigenvalue weighted by atomic mass is 10.2. The predicted molar refractivity (Wildman–Crippen MR) is 326 cm³/mol. The number of carbonyl (C=O) groups excluding carboxylic acids is 17. The Hall–Kier alpha value is -6.98. The molecule has 502 valence electrons. The van der Waals surface area contributed by atoms with Crippen molar-refractivity contribution in [1.82, 2.24) is 35.6 Å². The maximum absolute atomic E-state index is 11.5. The lowest BCUT2D eigenvalue weighted by Gasteiger charge is -2.19. The highest BCUT2D eigenvalue weighted by Gasteiger charge is 2.33. The van der Waals surface area contributed by atoms with Gasteiger partial charge in [0.05, 0.1) is 49.5 Å². The van der Waals surface area contributed by atoms with E-state index in [0.717, 1.165) is 79.5 Å². The summed E-state index contributed by atoms with van der Waals surface area (Å²) in [4.78, 5) is 201. The van der Waals surface area contributed by atoms with E-state index < -0.39 is 52.5 Å². The normalized spacial score (nSPS) is 15.2. The maximum atomic E-state index is 11.5. The van der Waals surface area contributed by atoms with Crippen LogP contribution in [0.3, 0.4) is 0 Å². The summed E-state index contributed by atoms with van der Waals surface area (Å²) in [7, 11) is 1.27. The van der Waals surface area contributed by atoms with Crippen molar-refractivity contribution in [2.45, 2.75) is 157 Å². The van der Waals surface area contributed by atoms with Crippen LogP contribution in [0.2, 0.25) is 0 Å². The van der Waals surface area contributed by atoms with Gasteiger partial charge in [-0.15, -0.1) is 0 Å². The predicted octanol–water partition coefficient (Wildman–Crippen LogP) is 3.33. The third kappa shape index (κ3) is 43.4. The number of likely N-dealkylation sites (tertiary alicyclic amines) is 1. The Morgan fingerprint density at radius 1 is 0.506 bits per heavy atom. The van der Waals surface area contributed by atoms with Crippen LogP contribution in [-0.4, -0.2) is 221 Å². The number of carbonyl (C=O) groups is 18. The quantitative estimate of drug-likeness (QED) is 0.0476. The van der Waals surface area contributed by atoms with Crippen LogP contribution in [0, 0.1) is 0 Å². The standard InChI is InChI=1S/C13H20N2O5.C12H18N2O5S.C7H9NO4S.C7H14O.C6H7NO4S.C6H13NO2.C3H3NO2S/c1-13(2,3)20-12(19)8-14-9(16)6-7-15-10(17)4-5-11(15)18;1-12(2,3)19-10(17)6-13-8(15)4-5-14-9(16)7-20-11(14)18;1-12-6(10)2-3-8-5(9)4-13-7(8)11;1-3-4-5-6-7(2)8;8-4-3-12-6(11)7(4)2-1-5(9)10;1-6(2,3)9-5(8)4-7;5-2-1-7-3(6)4-2/h4-8H2,1-3H3,(H,14,16);4-7H2,1-3H3,(H,13,15);2-4H2,1H3;3-6H2,1-2H3;1-3H2,(H,9,10);4,7H2,1-3H3;1H2,(H,4,5,6). The molecule has 5 saturated heterocycles. The summed E-state index contributed by atoms with van der Waals surface area (Å²) in [5.74, 6) is -4.13. The zero-order valence-corrected chi connectivity index (χ0v) is 55.5. The molecular weight excluding hydrogens is 1260 g/mol. The zero-order chi connectivity index (χ0) is 68.8. The summed E-state index contributed by atoms with van der Waals surface area (Å²) in [6.45, 7) is 19.3. The number of hydrogen-bond acceptors (Lipinski definition) is 27. The number of imide groups is 5. The van der Waals surface area contributed by atoms with Crippen LogP contribution in [0.1, 0.15) is 140 Å². The number of nitrogens with one attached hydrogen (secondary N) is 3. The molecule has 0 bridgehead atoms. The van der Waals surface area contributed by atoms with Gasteiger partial charge in [0.1, 0.15) is 35.7 Å². The number of nitrogens with two attached hydrogens (primary N) is 1. The van der Waals surface area contributed by atoms with Crippen LogP contribution < -0.4 is 21.7 Å². The molecule has 0 unspecified atom stereocenters. The second kappa shape index (κ2) is 43.6. The number of Topliss-reactive ketones (excluding diaryl/α,β-unsaturated/α-hetero) is 1. The molecule has 0 saturated carbocycles. The van der Waals surface area contributed by atoms with E-state index in [9.17, 15) is 86.3 Å². The van der Waals surface area contributed by atoms with Crippen molar-refractivity contribution in [3.05, 3.63) is 0 Å². The van der Waals surface area contributed by atoms with Crippen molar-refractivity contribution in [2.24, 2.45) is 5.73 Å². The molecule has 5 heterocycles. The number of ether oxygens (including phenoxy) is 4. The molecule has 5 aliphatic heterocycles. The van der Waals surface area contributed by atoms with Crippen molar-refractivity contribution in [3.63, 3.8) is 0 Å². The number of methoxy groups -OCH3 is 1. The van der Waals surface area contributed by atoms with Gasteiger partial charge in [-0.2, -0.15) is 0 Å². The number of aliphatic carboxylic acids is 1. The van der Waals surface area contributed by atoms with Crippen LogP contribution in [0.15, 0.2) is 0 Å². The Balaban J connectivity index is 0. The average Bonchev–Trinajstić information content (AvgIpc) is 4.29. The number of ketones is 1.